The van der Waals surface area contributed by atoms with Gasteiger partial charge < -0.3 is 14.4 Å². The summed E-state index contributed by atoms with van der Waals surface area (Å²) in [4.78, 5) is 13.4. The number of carbonyl (C=O) groups is 1. The third kappa shape index (κ3) is 3.82. The fraction of sp³-hybridized carbons (Fsp3) is 0.250. The molecule has 0 bridgehead atoms. The summed E-state index contributed by atoms with van der Waals surface area (Å²) in [7, 11) is -3.69. The van der Waals surface area contributed by atoms with Gasteiger partial charge in [-0.1, -0.05) is 23.7 Å². The molecule has 1 fully saturated rings. The molecular weight excluding hydrogens is 496 g/mol. The highest BCUT2D eigenvalue weighted by Crippen LogP contribution is 2.36. The van der Waals surface area contributed by atoms with Crippen LogP contribution in [0.4, 0.5) is 5.69 Å². The minimum Gasteiger partial charge on any atom is -0.475 e. The van der Waals surface area contributed by atoms with Crippen molar-refractivity contribution >= 4 is 60.2 Å². The Morgan fingerprint density at radius 2 is 1.87 bits per heavy atom. The fourth-order valence-corrected chi connectivity index (χ4v) is 6.24. The Bertz CT molecular complexity index is 1230. The van der Waals surface area contributed by atoms with E-state index < -0.39 is 16.0 Å². The summed E-state index contributed by atoms with van der Waals surface area (Å²) in [5, 5.41) is 10.0. The van der Waals surface area contributed by atoms with E-state index in [2.05, 4.69) is 20.8 Å². The van der Waals surface area contributed by atoms with Gasteiger partial charge in [0.2, 0.25) is 15.8 Å². The topological polar surface area (TPSA) is 91.1 Å². The van der Waals surface area contributed by atoms with Gasteiger partial charge in [-0.25, -0.2) is 13.2 Å². The monoisotopic (exact) mass is 512 g/mol. The molecule has 0 saturated carbocycles. The van der Waals surface area contributed by atoms with Crippen molar-refractivity contribution in [2.75, 3.05) is 31.1 Å². The Hall–Kier alpha value is -2.07. The lowest BCUT2D eigenvalue weighted by molar-refractivity contribution is 0.0665. The van der Waals surface area contributed by atoms with E-state index in [-0.39, 0.29) is 15.7 Å². The van der Waals surface area contributed by atoms with Crippen LogP contribution in [0, 0.1) is 0 Å². The zero-order chi connectivity index (χ0) is 21.5. The Morgan fingerprint density at radius 1 is 1.10 bits per heavy atom. The van der Waals surface area contributed by atoms with E-state index in [0.717, 1.165) is 10.2 Å². The first kappa shape index (κ1) is 21.2. The zero-order valence-corrected chi connectivity index (χ0v) is 18.9. The van der Waals surface area contributed by atoms with Crippen LogP contribution in [0.2, 0.25) is 5.02 Å². The Balaban J connectivity index is 1.60. The molecule has 0 aliphatic carbocycles. The van der Waals surface area contributed by atoms with Crippen LogP contribution in [0.5, 0.6) is 0 Å². The van der Waals surface area contributed by atoms with E-state index >= 15 is 0 Å². The molecule has 2 heterocycles. The second kappa shape index (κ2) is 8.22. The van der Waals surface area contributed by atoms with Gasteiger partial charge in [0.25, 0.3) is 0 Å². The first-order chi connectivity index (χ1) is 14.3. The maximum absolute atomic E-state index is 13.1. The van der Waals surface area contributed by atoms with Crippen molar-refractivity contribution in [1.82, 2.24) is 4.31 Å². The molecule has 4 rings (SSSR count). The number of rotatable bonds is 4. The molecule has 3 aromatic rings. The fourth-order valence-electron chi connectivity index (χ4n) is 3.58. The van der Waals surface area contributed by atoms with Gasteiger partial charge in [0.15, 0.2) is 0 Å². The summed E-state index contributed by atoms with van der Waals surface area (Å²) in [6.45, 7) is 1.84. The van der Waals surface area contributed by atoms with Gasteiger partial charge in [-0.15, -0.1) is 0 Å². The number of aromatic carboxylic acids is 1. The number of benzene rings is 2. The van der Waals surface area contributed by atoms with Gasteiger partial charge in [0.1, 0.15) is 10.5 Å². The normalized spacial score (nSPS) is 16.0. The molecule has 158 valence electrons. The molecule has 0 spiro atoms. The van der Waals surface area contributed by atoms with Gasteiger partial charge in [-0.2, -0.15) is 4.31 Å². The smallest absolute Gasteiger partial charge is 0.371 e. The van der Waals surface area contributed by atoms with Crippen molar-refractivity contribution in [3.63, 3.8) is 0 Å². The van der Waals surface area contributed by atoms with E-state index in [0.29, 0.717) is 43.6 Å². The summed E-state index contributed by atoms with van der Waals surface area (Å²) in [5.74, 6) is -1.26. The lowest BCUT2D eigenvalue weighted by atomic mass is 10.2. The molecule has 0 atom stereocenters. The maximum Gasteiger partial charge on any atom is 0.371 e. The van der Waals surface area contributed by atoms with Crippen LogP contribution < -0.4 is 4.90 Å². The number of halogens is 2. The third-order valence-corrected chi connectivity index (χ3v) is 8.31. The number of sulfonamides is 1. The number of nitrogens with zero attached hydrogens (tertiary/aromatic N) is 2. The lowest BCUT2D eigenvalue weighted by Crippen LogP contribution is -2.35. The molecular formula is C20H18BrClN2O5S. The number of fused-ring (bicyclic) bond motifs is 1. The van der Waals surface area contributed by atoms with Crippen LogP contribution in [0.3, 0.4) is 0 Å². The second-order valence-electron chi connectivity index (χ2n) is 6.90. The highest BCUT2D eigenvalue weighted by atomic mass is 79.9. The number of carboxylic acid groups (broad SMARTS) is 1. The summed E-state index contributed by atoms with van der Waals surface area (Å²) >= 11 is 9.68. The summed E-state index contributed by atoms with van der Waals surface area (Å²) < 4.78 is 33.6. The van der Waals surface area contributed by atoms with Crippen LogP contribution in [-0.4, -0.2) is 50.0 Å². The largest absolute Gasteiger partial charge is 0.475 e. The van der Waals surface area contributed by atoms with Gasteiger partial charge >= 0.3 is 5.97 Å². The number of hydrogen-bond donors (Lipinski definition) is 1. The number of anilines is 1. The van der Waals surface area contributed by atoms with E-state index in [1.165, 1.54) is 16.4 Å². The molecule has 10 heteroatoms. The van der Waals surface area contributed by atoms with Gasteiger partial charge in [0, 0.05) is 37.6 Å². The summed E-state index contributed by atoms with van der Waals surface area (Å²) in [6.07, 6.45) is 0.639. The average molecular weight is 514 g/mol. The third-order valence-electron chi connectivity index (χ3n) is 5.08. The SMILES string of the molecule is O=C(O)c1cc2c(Br)c(N3CCCN(S(=O)(=O)c4ccccc4Cl)CC3)ccc2o1. The maximum atomic E-state index is 13.1. The Morgan fingerprint density at radius 3 is 2.60 bits per heavy atom. The first-order valence-corrected chi connectivity index (χ1v) is 11.8. The Kier molecular flexibility index (Phi) is 5.80. The zero-order valence-electron chi connectivity index (χ0n) is 15.7. The number of hydrogen-bond acceptors (Lipinski definition) is 5. The first-order valence-electron chi connectivity index (χ1n) is 9.24. The highest BCUT2D eigenvalue weighted by Gasteiger charge is 2.29. The van der Waals surface area contributed by atoms with E-state index in [1.807, 2.05) is 6.07 Å². The van der Waals surface area contributed by atoms with Gasteiger partial charge in [-0.3, -0.25) is 0 Å². The van der Waals surface area contributed by atoms with Gasteiger partial charge in [-0.05, 0) is 46.6 Å². The summed E-state index contributed by atoms with van der Waals surface area (Å²) in [6, 6.07) is 11.5. The van der Waals surface area contributed by atoms with Crippen LogP contribution in [-0.2, 0) is 10.0 Å². The number of furan rings is 1. The quantitative estimate of drug-likeness (QED) is 0.554. The predicted molar refractivity (Wildman–Crippen MR) is 118 cm³/mol. The van der Waals surface area contributed by atoms with Crippen LogP contribution in [0.1, 0.15) is 17.0 Å². The molecule has 1 saturated heterocycles. The minimum absolute atomic E-state index is 0.113. The van der Waals surface area contributed by atoms with E-state index in [9.17, 15) is 13.2 Å². The van der Waals surface area contributed by atoms with Gasteiger partial charge in [0.05, 0.1) is 15.2 Å². The Labute approximate surface area is 187 Å². The molecule has 0 amide bonds. The van der Waals surface area contributed by atoms with E-state index in [1.54, 1.807) is 24.3 Å². The molecule has 1 aromatic heterocycles. The number of carboxylic acids is 1. The van der Waals surface area contributed by atoms with Crippen molar-refractivity contribution in [3.05, 3.63) is 57.7 Å². The van der Waals surface area contributed by atoms with Crippen molar-refractivity contribution in [3.8, 4) is 0 Å². The molecule has 30 heavy (non-hydrogen) atoms. The van der Waals surface area contributed by atoms with E-state index in [4.69, 9.17) is 21.1 Å². The standard InChI is InChI=1S/C20H18BrClN2O5S/c21-19-13-12-17(20(25)26)29-16(13)7-6-15(19)23-8-3-9-24(11-10-23)30(27,28)18-5-2-1-4-14(18)22/h1-2,4-7,12H,3,8-11H2,(H,25,26). The van der Waals surface area contributed by atoms with Crippen molar-refractivity contribution in [1.29, 1.82) is 0 Å². The van der Waals surface area contributed by atoms with Crippen molar-refractivity contribution < 1.29 is 22.7 Å². The van der Waals surface area contributed by atoms with Crippen LogP contribution >= 0.6 is 27.5 Å². The average Bonchev–Trinajstić information content (AvgIpc) is 3.00. The predicted octanol–water partition coefficient (Wildman–Crippen LogP) is 4.45. The van der Waals surface area contributed by atoms with Crippen molar-refractivity contribution in [2.45, 2.75) is 11.3 Å². The minimum atomic E-state index is -3.69. The molecule has 1 aliphatic heterocycles. The summed E-state index contributed by atoms with van der Waals surface area (Å²) in [5.41, 5.74) is 1.33. The van der Waals surface area contributed by atoms with Crippen LogP contribution in [0.25, 0.3) is 11.0 Å². The second-order valence-corrected chi connectivity index (χ2v) is 10.0. The molecule has 0 unspecified atom stereocenters. The molecule has 7 nitrogen and oxygen atoms in total. The molecule has 2 aromatic carbocycles. The molecule has 1 N–H and O–H groups in total. The molecule has 0 radical (unpaired) electrons. The lowest BCUT2D eigenvalue weighted by Gasteiger charge is -2.25. The van der Waals surface area contributed by atoms with Crippen LogP contribution in [0.15, 0.2) is 56.2 Å². The molecule has 1 aliphatic rings. The van der Waals surface area contributed by atoms with Crippen molar-refractivity contribution in [2.24, 2.45) is 0 Å². The highest BCUT2D eigenvalue weighted by molar-refractivity contribution is 9.10.